The molecule has 1 aromatic rings. The van der Waals surface area contributed by atoms with Crippen LogP contribution in [0.25, 0.3) is 0 Å². The molecule has 1 aromatic carbocycles. The maximum Gasteiger partial charge on any atom is 0.129 e. The zero-order valence-corrected chi connectivity index (χ0v) is 11.0. The number of nitriles is 1. The van der Waals surface area contributed by atoms with Crippen LogP contribution in [0, 0.1) is 17.1 Å². The highest BCUT2D eigenvalue weighted by Gasteiger charge is 2.05. The van der Waals surface area contributed by atoms with E-state index in [4.69, 9.17) is 5.26 Å². The lowest BCUT2D eigenvalue weighted by molar-refractivity contribution is 0.557. The maximum absolute atomic E-state index is 13.5. The van der Waals surface area contributed by atoms with Crippen LogP contribution in [0.2, 0.25) is 0 Å². The first-order valence-corrected chi connectivity index (χ1v) is 6.82. The van der Waals surface area contributed by atoms with Gasteiger partial charge in [0.2, 0.25) is 0 Å². The molecule has 0 saturated heterocycles. The molecule has 0 heterocycles. The van der Waals surface area contributed by atoms with Gasteiger partial charge in [-0.3, -0.25) is 0 Å². The van der Waals surface area contributed by atoms with Gasteiger partial charge in [-0.25, -0.2) is 4.39 Å². The van der Waals surface area contributed by atoms with E-state index >= 15 is 0 Å². The Labute approximate surface area is 106 Å². The molecule has 17 heavy (non-hydrogen) atoms. The van der Waals surface area contributed by atoms with Crippen LogP contribution in [0.4, 0.5) is 4.39 Å². The molecule has 0 aliphatic rings. The van der Waals surface area contributed by atoms with Gasteiger partial charge in [0.05, 0.1) is 11.6 Å². The molecule has 0 saturated carbocycles. The van der Waals surface area contributed by atoms with Gasteiger partial charge in [-0.05, 0) is 24.8 Å². The molecule has 0 aromatic heterocycles. The van der Waals surface area contributed by atoms with Gasteiger partial charge in [-0.2, -0.15) is 17.0 Å². The molecule has 1 atom stereocenters. The zero-order chi connectivity index (χ0) is 12.7. The lowest BCUT2D eigenvalue weighted by Crippen LogP contribution is -2.28. The van der Waals surface area contributed by atoms with E-state index in [1.165, 1.54) is 6.07 Å². The summed E-state index contributed by atoms with van der Waals surface area (Å²) in [7, 11) is 0. The number of hydrogen-bond acceptors (Lipinski definition) is 3. The van der Waals surface area contributed by atoms with Crippen molar-refractivity contribution in [3.05, 3.63) is 35.1 Å². The summed E-state index contributed by atoms with van der Waals surface area (Å²) < 4.78 is 13.5. The Morgan fingerprint density at radius 2 is 2.29 bits per heavy atom. The number of benzene rings is 1. The highest BCUT2D eigenvalue weighted by molar-refractivity contribution is 7.99. The molecule has 0 aliphatic carbocycles. The average molecular weight is 252 g/mol. The van der Waals surface area contributed by atoms with Gasteiger partial charge in [0.1, 0.15) is 5.82 Å². The van der Waals surface area contributed by atoms with Gasteiger partial charge < -0.3 is 5.32 Å². The Morgan fingerprint density at radius 3 is 2.88 bits per heavy atom. The van der Waals surface area contributed by atoms with E-state index in [2.05, 4.69) is 19.2 Å². The van der Waals surface area contributed by atoms with Crippen molar-refractivity contribution in [1.29, 1.82) is 5.26 Å². The number of halogens is 1. The lowest BCUT2D eigenvalue weighted by atomic mass is 10.1. The van der Waals surface area contributed by atoms with E-state index in [9.17, 15) is 4.39 Å². The normalized spacial score (nSPS) is 12.1. The molecule has 4 heteroatoms. The monoisotopic (exact) mass is 252 g/mol. The standard InChI is InChI=1S/C13H17FN2S/c1-3-17-9-10(2)16-8-12-5-4-11(7-15)6-13(12)14/h4-6,10,16H,3,8-9H2,1-2H3. The van der Waals surface area contributed by atoms with Crippen molar-refractivity contribution in [1.82, 2.24) is 5.32 Å². The Balaban J connectivity index is 2.49. The predicted molar refractivity (Wildman–Crippen MR) is 70.4 cm³/mol. The third-order valence-corrected chi connectivity index (χ3v) is 3.54. The van der Waals surface area contributed by atoms with E-state index in [0.717, 1.165) is 11.5 Å². The zero-order valence-electron chi connectivity index (χ0n) is 10.2. The molecular formula is C13H17FN2S. The van der Waals surface area contributed by atoms with Crippen molar-refractivity contribution in [3.8, 4) is 6.07 Å². The summed E-state index contributed by atoms with van der Waals surface area (Å²) in [6, 6.07) is 6.87. The molecule has 92 valence electrons. The second kappa shape index (κ2) is 7.31. The molecule has 0 aliphatic heterocycles. The smallest absolute Gasteiger partial charge is 0.129 e. The predicted octanol–water partition coefficient (Wildman–Crippen LogP) is 2.93. The van der Waals surface area contributed by atoms with Crippen LogP contribution >= 0.6 is 11.8 Å². The molecule has 1 N–H and O–H groups in total. The molecule has 0 amide bonds. The first kappa shape index (κ1) is 14.0. The van der Waals surface area contributed by atoms with Crippen LogP contribution in [0.3, 0.4) is 0 Å². The summed E-state index contributed by atoms with van der Waals surface area (Å²) in [5.74, 6) is 1.80. The summed E-state index contributed by atoms with van der Waals surface area (Å²) in [4.78, 5) is 0. The largest absolute Gasteiger partial charge is 0.309 e. The molecule has 1 unspecified atom stereocenters. The van der Waals surface area contributed by atoms with Gasteiger partial charge in [-0.15, -0.1) is 0 Å². The van der Waals surface area contributed by atoms with Crippen molar-refractivity contribution in [3.63, 3.8) is 0 Å². The van der Waals surface area contributed by atoms with Crippen LogP contribution in [0.1, 0.15) is 25.0 Å². The van der Waals surface area contributed by atoms with Crippen molar-refractivity contribution >= 4 is 11.8 Å². The number of thioether (sulfide) groups is 1. The Morgan fingerprint density at radius 1 is 1.53 bits per heavy atom. The highest BCUT2D eigenvalue weighted by atomic mass is 32.2. The van der Waals surface area contributed by atoms with Gasteiger partial charge in [0.25, 0.3) is 0 Å². The van der Waals surface area contributed by atoms with Crippen LogP contribution in [-0.2, 0) is 6.54 Å². The molecular weight excluding hydrogens is 235 g/mol. The van der Waals surface area contributed by atoms with Crippen LogP contribution in [0.15, 0.2) is 18.2 Å². The SMILES string of the molecule is CCSCC(C)NCc1ccc(C#N)cc1F. The minimum Gasteiger partial charge on any atom is -0.309 e. The molecule has 0 bridgehead atoms. The Bertz CT molecular complexity index is 401. The minimum absolute atomic E-state index is 0.313. The summed E-state index contributed by atoms with van der Waals surface area (Å²) in [6.45, 7) is 4.71. The van der Waals surface area contributed by atoms with Gasteiger partial charge in [0, 0.05) is 23.9 Å². The quantitative estimate of drug-likeness (QED) is 0.845. The average Bonchev–Trinajstić information content (AvgIpc) is 2.34. The fourth-order valence-electron chi connectivity index (χ4n) is 1.40. The van der Waals surface area contributed by atoms with Crippen molar-refractivity contribution in [2.45, 2.75) is 26.4 Å². The molecule has 0 radical (unpaired) electrons. The number of hydrogen-bond donors (Lipinski definition) is 1. The summed E-state index contributed by atoms with van der Waals surface area (Å²) in [5.41, 5.74) is 0.971. The van der Waals surface area contributed by atoms with Crippen molar-refractivity contribution < 1.29 is 4.39 Å². The highest BCUT2D eigenvalue weighted by Crippen LogP contribution is 2.10. The van der Waals surface area contributed by atoms with E-state index in [0.29, 0.717) is 23.7 Å². The second-order valence-electron chi connectivity index (χ2n) is 3.86. The molecule has 2 nitrogen and oxygen atoms in total. The van der Waals surface area contributed by atoms with Gasteiger partial charge in [0.15, 0.2) is 0 Å². The van der Waals surface area contributed by atoms with E-state index in [-0.39, 0.29) is 5.82 Å². The second-order valence-corrected chi connectivity index (χ2v) is 5.18. The topological polar surface area (TPSA) is 35.8 Å². The minimum atomic E-state index is -0.313. The Hall–Kier alpha value is -1.05. The maximum atomic E-state index is 13.5. The lowest BCUT2D eigenvalue weighted by Gasteiger charge is -2.13. The summed E-state index contributed by atoms with van der Waals surface area (Å²) in [6.07, 6.45) is 0. The first-order valence-electron chi connectivity index (χ1n) is 5.67. The number of nitrogens with one attached hydrogen (secondary N) is 1. The fraction of sp³-hybridized carbons (Fsp3) is 0.462. The third kappa shape index (κ3) is 4.76. The Kier molecular flexibility index (Phi) is 6.03. The van der Waals surface area contributed by atoms with Gasteiger partial charge in [-0.1, -0.05) is 13.0 Å². The van der Waals surface area contributed by atoms with Crippen LogP contribution in [0.5, 0.6) is 0 Å². The molecule has 1 rings (SSSR count). The first-order chi connectivity index (χ1) is 8.17. The van der Waals surface area contributed by atoms with Crippen LogP contribution < -0.4 is 5.32 Å². The summed E-state index contributed by atoms with van der Waals surface area (Å²) in [5, 5.41) is 11.9. The van der Waals surface area contributed by atoms with E-state index in [1.807, 2.05) is 17.8 Å². The van der Waals surface area contributed by atoms with E-state index < -0.39 is 0 Å². The summed E-state index contributed by atoms with van der Waals surface area (Å²) >= 11 is 1.86. The van der Waals surface area contributed by atoms with Crippen molar-refractivity contribution in [2.75, 3.05) is 11.5 Å². The fourth-order valence-corrected chi connectivity index (χ4v) is 2.11. The number of nitrogens with zero attached hydrogens (tertiary/aromatic N) is 1. The molecule has 0 fully saturated rings. The third-order valence-electron chi connectivity index (χ3n) is 2.40. The van der Waals surface area contributed by atoms with E-state index in [1.54, 1.807) is 12.1 Å². The van der Waals surface area contributed by atoms with Crippen LogP contribution in [-0.4, -0.2) is 17.5 Å². The molecule has 0 spiro atoms. The van der Waals surface area contributed by atoms with Gasteiger partial charge >= 0.3 is 0 Å². The number of rotatable bonds is 6. The van der Waals surface area contributed by atoms with Crippen molar-refractivity contribution in [2.24, 2.45) is 0 Å².